The minimum Gasteiger partial charge on any atom is -0.381 e. The van der Waals surface area contributed by atoms with Crippen molar-refractivity contribution in [3.05, 3.63) is 60.7 Å². The summed E-state index contributed by atoms with van der Waals surface area (Å²) in [5.41, 5.74) is 3.21. The number of nitrogens with zero attached hydrogens (tertiary/aromatic N) is 1. The van der Waals surface area contributed by atoms with Gasteiger partial charge in [0.2, 0.25) is 0 Å². The first kappa shape index (κ1) is 24.5. The predicted octanol–water partition coefficient (Wildman–Crippen LogP) is 7.70. The van der Waals surface area contributed by atoms with Crippen LogP contribution in [0.3, 0.4) is 0 Å². The SMILES string of the molecule is C=C[C@@]12CC[C@H](CC(=C)C)C3CC(OC)CC(C31)[C@@](C)(C=NCCCc1ccccc1)CC2. The van der Waals surface area contributed by atoms with Crippen LogP contribution in [0.25, 0.3) is 0 Å². The van der Waals surface area contributed by atoms with E-state index in [4.69, 9.17) is 9.73 Å². The molecule has 0 saturated heterocycles. The van der Waals surface area contributed by atoms with Crippen molar-refractivity contribution in [2.75, 3.05) is 13.7 Å². The standard InChI is InChI=1S/C31H45NO/c1-6-31-15-14-25(19-23(2)3)27-20-26(33-5)21-28(29(27)31)30(4,16-17-31)22-32-18-10-13-24-11-8-7-9-12-24/h6-9,11-12,22,25-29H,1-2,10,13-21H2,3-5H3/t25-,26?,27?,28?,29?,30-,31+/m1/s1. The van der Waals surface area contributed by atoms with Gasteiger partial charge in [-0.15, -0.1) is 13.2 Å². The normalized spacial score (nSPS) is 38.1. The Kier molecular flexibility index (Phi) is 7.63. The highest BCUT2D eigenvalue weighted by Crippen LogP contribution is 2.65. The van der Waals surface area contributed by atoms with Crippen LogP contribution in [0.1, 0.15) is 70.8 Å². The average Bonchev–Trinajstić information content (AvgIpc) is 2.83. The van der Waals surface area contributed by atoms with Crippen molar-refractivity contribution >= 4 is 6.21 Å². The maximum absolute atomic E-state index is 6.04. The third-order valence-corrected chi connectivity index (χ3v) is 9.50. The average molecular weight is 448 g/mol. The van der Waals surface area contributed by atoms with Gasteiger partial charge in [0.25, 0.3) is 0 Å². The van der Waals surface area contributed by atoms with Gasteiger partial charge in [-0.25, -0.2) is 0 Å². The molecule has 0 spiro atoms. The molecule has 0 bridgehead atoms. The number of aliphatic imine (C=N–C) groups is 1. The van der Waals surface area contributed by atoms with E-state index in [1.54, 1.807) is 0 Å². The van der Waals surface area contributed by atoms with E-state index in [1.807, 2.05) is 7.11 Å². The van der Waals surface area contributed by atoms with Crippen LogP contribution >= 0.6 is 0 Å². The zero-order valence-electron chi connectivity index (χ0n) is 21.3. The molecule has 3 aliphatic rings. The smallest absolute Gasteiger partial charge is 0.0577 e. The summed E-state index contributed by atoms with van der Waals surface area (Å²) in [7, 11) is 1.92. The molecule has 2 heteroatoms. The number of methoxy groups -OCH3 is 1. The summed E-state index contributed by atoms with van der Waals surface area (Å²) in [6.07, 6.45) is 16.0. The summed E-state index contributed by atoms with van der Waals surface area (Å²) in [4.78, 5) is 5.03. The third-order valence-electron chi connectivity index (χ3n) is 9.50. The second kappa shape index (κ2) is 10.3. The van der Waals surface area contributed by atoms with E-state index in [0.717, 1.165) is 25.3 Å². The van der Waals surface area contributed by atoms with Crippen LogP contribution in [0.5, 0.6) is 0 Å². The van der Waals surface area contributed by atoms with Crippen molar-refractivity contribution in [1.82, 2.24) is 0 Å². The van der Waals surface area contributed by atoms with Gasteiger partial charge in [-0.2, -0.15) is 0 Å². The van der Waals surface area contributed by atoms with E-state index in [2.05, 4.69) is 69.6 Å². The number of benzene rings is 1. The molecule has 0 aliphatic heterocycles. The molecule has 180 valence electrons. The molecule has 0 radical (unpaired) electrons. The van der Waals surface area contributed by atoms with Crippen LogP contribution in [0.4, 0.5) is 0 Å². The van der Waals surface area contributed by atoms with E-state index < -0.39 is 0 Å². The van der Waals surface area contributed by atoms with Crippen LogP contribution in [0.15, 0.2) is 60.1 Å². The maximum atomic E-state index is 6.04. The molecule has 0 aromatic heterocycles. The minimum absolute atomic E-state index is 0.157. The Morgan fingerprint density at radius 2 is 1.97 bits per heavy atom. The van der Waals surface area contributed by atoms with Crippen LogP contribution in [-0.4, -0.2) is 26.0 Å². The molecule has 33 heavy (non-hydrogen) atoms. The maximum Gasteiger partial charge on any atom is 0.0577 e. The molecular weight excluding hydrogens is 402 g/mol. The van der Waals surface area contributed by atoms with Crippen molar-refractivity contribution < 1.29 is 4.74 Å². The molecule has 3 saturated carbocycles. The van der Waals surface area contributed by atoms with Gasteiger partial charge in [0.15, 0.2) is 0 Å². The second-order valence-electron chi connectivity index (χ2n) is 11.7. The van der Waals surface area contributed by atoms with Crippen LogP contribution in [-0.2, 0) is 11.2 Å². The van der Waals surface area contributed by atoms with Crippen LogP contribution in [0.2, 0.25) is 0 Å². The van der Waals surface area contributed by atoms with Crippen molar-refractivity contribution in [1.29, 1.82) is 0 Å². The van der Waals surface area contributed by atoms with Gasteiger partial charge < -0.3 is 4.74 Å². The molecule has 1 aromatic carbocycles. The molecule has 0 N–H and O–H groups in total. The number of ether oxygens (including phenoxy) is 1. The lowest BCUT2D eigenvalue weighted by molar-refractivity contribution is -0.135. The van der Waals surface area contributed by atoms with Crippen molar-refractivity contribution in [3.63, 3.8) is 0 Å². The predicted molar refractivity (Wildman–Crippen MR) is 141 cm³/mol. The molecule has 4 rings (SSSR count). The lowest BCUT2D eigenvalue weighted by Crippen LogP contribution is -2.58. The Morgan fingerprint density at radius 1 is 1.18 bits per heavy atom. The molecule has 3 fully saturated rings. The molecule has 0 amide bonds. The topological polar surface area (TPSA) is 21.6 Å². The second-order valence-corrected chi connectivity index (χ2v) is 11.7. The van der Waals surface area contributed by atoms with Gasteiger partial charge >= 0.3 is 0 Å². The Morgan fingerprint density at radius 3 is 2.67 bits per heavy atom. The summed E-state index contributed by atoms with van der Waals surface area (Å²) in [6.45, 7) is 14.3. The number of hydrogen-bond acceptors (Lipinski definition) is 2. The van der Waals surface area contributed by atoms with Gasteiger partial charge in [0.1, 0.15) is 0 Å². The highest BCUT2D eigenvalue weighted by Gasteiger charge is 2.60. The lowest BCUT2D eigenvalue weighted by atomic mass is 9.42. The fourth-order valence-corrected chi connectivity index (χ4v) is 7.77. The highest BCUT2D eigenvalue weighted by molar-refractivity contribution is 5.66. The Bertz CT molecular complexity index is 844. The molecule has 1 aromatic rings. The highest BCUT2D eigenvalue weighted by atomic mass is 16.5. The van der Waals surface area contributed by atoms with E-state index in [9.17, 15) is 0 Å². The molecule has 0 heterocycles. The summed E-state index contributed by atoms with van der Waals surface area (Å²) in [5, 5.41) is 0. The lowest BCUT2D eigenvalue weighted by Gasteiger charge is -2.63. The molecule has 2 nitrogen and oxygen atoms in total. The summed E-state index contributed by atoms with van der Waals surface area (Å²) < 4.78 is 6.04. The monoisotopic (exact) mass is 447 g/mol. The van der Waals surface area contributed by atoms with E-state index in [-0.39, 0.29) is 5.41 Å². The minimum atomic E-state index is 0.157. The van der Waals surface area contributed by atoms with Crippen molar-refractivity contribution in [2.45, 2.75) is 77.7 Å². The van der Waals surface area contributed by atoms with E-state index in [0.29, 0.717) is 29.3 Å². The van der Waals surface area contributed by atoms with Gasteiger partial charge in [-0.1, -0.05) is 48.9 Å². The zero-order chi connectivity index (χ0) is 23.5. The van der Waals surface area contributed by atoms with Gasteiger partial charge in [-0.3, -0.25) is 4.99 Å². The first-order valence-corrected chi connectivity index (χ1v) is 13.3. The summed E-state index contributed by atoms with van der Waals surface area (Å²) >= 11 is 0. The number of hydrogen-bond donors (Lipinski definition) is 0. The Balaban J connectivity index is 1.53. The molecule has 7 atom stereocenters. The van der Waals surface area contributed by atoms with Gasteiger partial charge in [0, 0.05) is 25.3 Å². The fraction of sp³-hybridized carbons (Fsp3) is 0.645. The van der Waals surface area contributed by atoms with Crippen molar-refractivity contribution in [3.8, 4) is 0 Å². The Hall–Kier alpha value is -1.67. The van der Waals surface area contributed by atoms with Crippen molar-refractivity contribution in [2.24, 2.45) is 39.5 Å². The van der Waals surface area contributed by atoms with Gasteiger partial charge in [0.05, 0.1) is 6.10 Å². The fourth-order valence-electron chi connectivity index (χ4n) is 7.77. The number of allylic oxidation sites excluding steroid dienone is 2. The molecule has 3 aliphatic carbocycles. The zero-order valence-corrected chi connectivity index (χ0v) is 21.3. The third kappa shape index (κ3) is 5.06. The number of rotatable bonds is 9. The van der Waals surface area contributed by atoms with Crippen LogP contribution in [0, 0.1) is 34.5 Å². The summed E-state index contributed by atoms with van der Waals surface area (Å²) in [6, 6.07) is 10.8. The number of aryl methyl sites for hydroxylation is 1. The van der Waals surface area contributed by atoms with E-state index >= 15 is 0 Å². The molecule has 4 unspecified atom stereocenters. The molecular formula is C31H45NO. The summed E-state index contributed by atoms with van der Waals surface area (Å²) in [5.74, 6) is 2.78. The Labute approximate surface area is 202 Å². The van der Waals surface area contributed by atoms with Crippen LogP contribution < -0.4 is 0 Å². The van der Waals surface area contributed by atoms with E-state index in [1.165, 1.54) is 56.1 Å². The quantitative estimate of drug-likeness (QED) is 0.216. The largest absolute Gasteiger partial charge is 0.381 e. The van der Waals surface area contributed by atoms with Gasteiger partial charge in [-0.05, 0) is 99.4 Å². The first-order chi connectivity index (χ1) is 15.9. The first-order valence-electron chi connectivity index (χ1n) is 13.3.